The topological polar surface area (TPSA) is 41.1 Å². The molecule has 4 heteroatoms. The third-order valence-electron chi connectivity index (χ3n) is 3.54. The Morgan fingerprint density at radius 1 is 1.24 bits per heavy atom. The van der Waals surface area contributed by atoms with E-state index in [4.69, 9.17) is 21.8 Å². The molecule has 0 fully saturated rings. The van der Waals surface area contributed by atoms with Crippen LogP contribution in [-0.2, 0) is 6.42 Å². The number of nitriles is 1. The lowest BCUT2D eigenvalue weighted by Gasteiger charge is -2.03. The van der Waals surface area contributed by atoms with Crippen LogP contribution in [0.5, 0.6) is 0 Å². The van der Waals surface area contributed by atoms with Crippen molar-refractivity contribution in [2.45, 2.75) is 20.3 Å². The normalized spacial score (nSPS) is 10.8. The van der Waals surface area contributed by atoms with Gasteiger partial charge in [0, 0.05) is 11.8 Å². The summed E-state index contributed by atoms with van der Waals surface area (Å²) in [5, 5.41) is 9.77. The monoisotopic (exact) mass is 295 g/mol. The smallest absolute Gasteiger partial charge is 0.140 e. The maximum atomic E-state index is 9.13. The summed E-state index contributed by atoms with van der Waals surface area (Å²) < 4.78 is 1.93. The van der Waals surface area contributed by atoms with Gasteiger partial charge in [0.2, 0.25) is 0 Å². The molecule has 3 nitrogen and oxygen atoms in total. The number of pyridine rings is 1. The predicted octanol–water partition coefficient (Wildman–Crippen LogP) is 4.34. The van der Waals surface area contributed by atoms with Gasteiger partial charge in [-0.2, -0.15) is 5.26 Å². The molecule has 0 saturated heterocycles. The van der Waals surface area contributed by atoms with Gasteiger partial charge in [0.25, 0.3) is 0 Å². The quantitative estimate of drug-likeness (QED) is 0.706. The molecule has 0 aliphatic rings. The van der Waals surface area contributed by atoms with E-state index in [0.29, 0.717) is 11.4 Å². The molecule has 104 valence electrons. The summed E-state index contributed by atoms with van der Waals surface area (Å²) in [6.45, 7) is 4.02. The van der Waals surface area contributed by atoms with Crippen LogP contribution in [0.1, 0.15) is 16.8 Å². The highest BCUT2D eigenvalue weighted by Gasteiger charge is 2.15. The highest BCUT2D eigenvalue weighted by Crippen LogP contribution is 2.28. The van der Waals surface area contributed by atoms with E-state index < -0.39 is 0 Å². The number of nitrogens with zero attached hydrogens (tertiary/aromatic N) is 3. The van der Waals surface area contributed by atoms with Crippen LogP contribution >= 0.6 is 11.6 Å². The molecule has 3 rings (SSSR count). The van der Waals surface area contributed by atoms with Crippen molar-refractivity contribution in [3.8, 4) is 17.3 Å². The molecule has 0 radical (unpaired) electrons. The fourth-order valence-corrected chi connectivity index (χ4v) is 2.76. The van der Waals surface area contributed by atoms with Crippen molar-refractivity contribution < 1.29 is 0 Å². The fraction of sp³-hybridized carbons (Fsp3) is 0.176. The molecule has 3 aromatic rings. The van der Waals surface area contributed by atoms with Crippen LogP contribution < -0.4 is 0 Å². The Labute approximate surface area is 128 Å². The van der Waals surface area contributed by atoms with Crippen LogP contribution in [0, 0.1) is 25.2 Å². The van der Waals surface area contributed by atoms with E-state index in [1.54, 1.807) is 0 Å². The van der Waals surface area contributed by atoms with Gasteiger partial charge in [0.05, 0.1) is 28.9 Å². The first-order chi connectivity index (χ1) is 10.1. The molecular formula is C17H14ClN3. The lowest BCUT2D eigenvalue weighted by molar-refractivity contribution is 1.05. The maximum Gasteiger partial charge on any atom is 0.140 e. The third-order valence-corrected chi connectivity index (χ3v) is 3.75. The SMILES string of the molecule is Cc1ccc(-c2nc3c(C)cc(Cl)cn3c2CC#N)cc1. The van der Waals surface area contributed by atoms with Gasteiger partial charge in [-0.05, 0) is 25.5 Å². The van der Waals surface area contributed by atoms with Crippen LogP contribution in [0.2, 0.25) is 5.02 Å². The number of halogens is 1. The minimum Gasteiger partial charge on any atom is -0.301 e. The van der Waals surface area contributed by atoms with E-state index >= 15 is 0 Å². The van der Waals surface area contributed by atoms with E-state index in [2.05, 4.69) is 18.2 Å². The van der Waals surface area contributed by atoms with Gasteiger partial charge >= 0.3 is 0 Å². The standard InChI is InChI=1S/C17H14ClN3/c1-11-3-5-13(6-4-11)16-15(7-8-19)21-10-14(18)9-12(2)17(21)20-16/h3-6,9-10H,7H2,1-2H3. The van der Waals surface area contributed by atoms with Crippen molar-refractivity contribution in [2.75, 3.05) is 0 Å². The molecule has 0 aliphatic heterocycles. The summed E-state index contributed by atoms with van der Waals surface area (Å²) in [4.78, 5) is 4.73. The van der Waals surface area contributed by atoms with Crippen molar-refractivity contribution in [2.24, 2.45) is 0 Å². The Balaban J connectivity index is 2.32. The second-order valence-corrected chi connectivity index (χ2v) is 5.58. The summed E-state index contributed by atoms with van der Waals surface area (Å²) in [5.74, 6) is 0. The molecule has 0 saturated carbocycles. The van der Waals surface area contributed by atoms with Crippen molar-refractivity contribution >= 4 is 17.2 Å². The molecule has 21 heavy (non-hydrogen) atoms. The second kappa shape index (κ2) is 5.23. The van der Waals surface area contributed by atoms with Gasteiger partial charge in [-0.3, -0.25) is 0 Å². The average molecular weight is 296 g/mol. The number of benzene rings is 1. The molecular weight excluding hydrogens is 282 g/mol. The predicted molar refractivity (Wildman–Crippen MR) is 84.4 cm³/mol. The number of aromatic nitrogens is 2. The molecule has 0 bridgehead atoms. The summed E-state index contributed by atoms with van der Waals surface area (Å²) in [5.41, 5.74) is 5.79. The first-order valence-electron chi connectivity index (χ1n) is 6.71. The summed E-state index contributed by atoms with van der Waals surface area (Å²) >= 11 is 6.14. The zero-order chi connectivity index (χ0) is 15.0. The Kier molecular flexibility index (Phi) is 3.40. The van der Waals surface area contributed by atoms with E-state index in [1.165, 1.54) is 5.56 Å². The Morgan fingerprint density at radius 2 is 1.95 bits per heavy atom. The zero-order valence-electron chi connectivity index (χ0n) is 11.9. The van der Waals surface area contributed by atoms with Gasteiger partial charge in [0.1, 0.15) is 5.65 Å². The van der Waals surface area contributed by atoms with Crippen LogP contribution in [0.3, 0.4) is 0 Å². The third kappa shape index (κ3) is 2.39. The van der Waals surface area contributed by atoms with Crippen LogP contribution in [0.15, 0.2) is 36.5 Å². The first-order valence-corrected chi connectivity index (χ1v) is 7.09. The largest absolute Gasteiger partial charge is 0.301 e. The number of hydrogen-bond acceptors (Lipinski definition) is 2. The van der Waals surface area contributed by atoms with Gasteiger partial charge in [-0.1, -0.05) is 41.4 Å². The molecule has 0 spiro atoms. The Bertz CT molecular complexity index is 854. The van der Waals surface area contributed by atoms with E-state index in [-0.39, 0.29) is 0 Å². The number of fused-ring (bicyclic) bond motifs is 1. The maximum absolute atomic E-state index is 9.13. The molecule has 0 N–H and O–H groups in total. The van der Waals surface area contributed by atoms with Crippen LogP contribution in [0.25, 0.3) is 16.9 Å². The average Bonchev–Trinajstić information content (AvgIpc) is 2.80. The van der Waals surface area contributed by atoms with Crippen LogP contribution in [0.4, 0.5) is 0 Å². The Morgan fingerprint density at radius 3 is 2.62 bits per heavy atom. The van der Waals surface area contributed by atoms with Gasteiger partial charge in [-0.15, -0.1) is 0 Å². The molecule has 0 atom stereocenters. The van der Waals surface area contributed by atoms with E-state index in [9.17, 15) is 0 Å². The second-order valence-electron chi connectivity index (χ2n) is 5.14. The van der Waals surface area contributed by atoms with Gasteiger partial charge in [-0.25, -0.2) is 4.98 Å². The molecule has 1 aromatic carbocycles. The first kappa shape index (κ1) is 13.7. The zero-order valence-corrected chi connectivity index (χ0v) is 12.6. The number of aryl methyl sites for hydroxylation is 2. The van der Waals surface area contributed by atoms with Gasteiger partial charge in [0.15, 0.2) is 0 Å². The number of imidazole rings is 1. The molecule has 0 amide bonds. The summed E-state index contributed by atoms with van der Waals surface area (Å²) in [6.07, 6.45) is 2.12. The highest BCUT2D eigenvalue weighted by atomic mass is 35.5. The lowest BCUT2D eigenvalue weighted by Crippen LogP contribution is -1.94. The summed E-state index contributed by atoms with van der Waals surface area (Å²) in [7, 11) is 0. The van der Waals surface area contributed by atoms with Crippen LogP contribution in [-0.4, -0.2) is 9.38 Å². The van der Waals surface area contributed by atoms with Crippen molar-refractivity contribution in [1.29, 1.82) is 5.26 Å². The van der Waals surface area contributed by atoms with Gasteiger partial charge < -0.3 is 4.40 Å². The Hall–Kier alpha value is -2.31. The molecule has 0 unspecified atom stereocenters. The lowest BCUT2D eigenvalue weighted by atomic mass is 10.1. The fourth-order valence-electron chi connectivity index (χ4n) is 2.50. The van der Waals surface area contributed by atoms with Crippen molar-refractivity contribution in [3.63, 3.8) is 0 Å². The number of rotatable bonds is 2. The molecule has 2 aromatic heterocycles. The minimum absolute atomic E-state index is 0.296. The van der Waals surface area contributed by atoms with E-state index in [1.807, 2.05) is 42.6 Å². The highest BCUT2D eigenvalue weighted by molar-refractivity contribution is 6.30. The van der Waals surface area contributed by atoms with Crippen molar-refractivity contribution in [1.82, 2.24) is 9.38 Å². The van der Waals surface area contributed by atoms with Crippen molar-refractivity contribution in [3.05, 3.63) is 58.4 Å². The van der Waals surface area contributed by atoms with E-state index in [0.717, 1.165) is 28.2 Å². The number of hydrogen-bond donors (Lipinski definition) is 0. The summed E-state index contributed by atoms with van der Waals surface area (Å²) in [6, 6.07) is 12.3. The molecule has 2 heterocycles. The molecule has 0 aliphatic carbocycles. The minimum atomic E-state index is 0.296.